The Morgan fingerprint density at radius 2 is 1.76 bits per heavy atom. The Morgan fingerprint density at radius 1 is 1.05 bits per heavy atom. The SMILES string of the molecule is COc1ccc(OC(F)F)c(NC(C)c2ccccc2)c1. The molecule has 0 saturated heterocycles. The highest BCUT2D eigenvalue weighted by Gasteiger charge is 2.13. The number of alkyl halides is 2. The maximum absolute atomic E-state index is 12.5. The molecule has 0 radical (unpaired) electrons. The minimum Gasteiger partial charge on any atom is -0.497 e. The van der Waals surface area contributed by atoms with Gasteiger partial charge in [0.1, 0.15) is 11.5 Å². The molecule has 0 heterocycles. The number of halogens is 2. The Hall–Kier alpha value is -2.30. The number of rotatable bonds is 6. The second-order valence-corrected chi connectivity index (χ2v) is 4.52. The molecule has 0 aliphatic carbocycles. The van der Waals surface area contributed by atoms with Gasteiger partial charge in [0.15, 0.2) is 0 Å². The van der Waals surface area contributed by atoms with Crippen LogP contribution >= 0.6 is 0 Å². The molecule has 1 atom stereocenters. The molecular weight excluding hydrogens is 276 g/mol. The van der Waals surface area contributed by atoms with Crippen molar-refractivity contribution in [2.75, 3.05) is 12.4 Å². The van der Waals surface area contributed by atoms with Gasteiger partial charge >= 0.3 is 6.61 Å². The summed E-state index contributed by atoms with van der Waals surface area (Å²) in [5, 5.41) is 3.17. The lowest BCUT2D eigenvalue weighted by Gasteiger charge is -2.19. The molecule has 112 valence electrons. The van der Waals surface area contributed by atoms with Gasteiger partial charge < -0.3 is 14.8 Å². The van der Waals surface area contributed by atoms with Gasteiger partial charge in [0.05, 0.1) is 12.8 Å². The Kier molecular flexibility index (Phi) is 4.98. The molecular formula is C16H17F2NO2. The van der Waals surface area contributed by atoms with Crippen LogP contribution in [-0.2, 0) is 0 Å². The molecule has 5 heteroatoms. The first-order valence-electron chi connectivity index (χ1n) is 6.54. The number of anilines is 1. The quantitative estimate of drug-likeness (QED) is 0.852. The summed E-state index contributed by atoms with van der Waals surface area (Å²) in [6.45, 7) is -0.924. The summed E-state index contributed by atoms with van der Waals surface area (Å²) >= 11 is 0. The molecule has 2 aromatic carbocycles. The molecule has 0 bridgehead atoms. The highest BCUT2D eigenvalue weighted by atomic mass is 19.3. The number of nitrogens with one attached hydrogen (secondary N) is 1. The largest absolute Gasteiger partial charge is 0.497 e. The zero-order chi connectivity index (χ0) is 15.2. The lowest BCUT2D eigenvalue weighted by atomic mass is 10.1. The van der Waals surface area contributed by atoms with Gasteiger partial charge in [0, 0.05) is 12.1 Å². The van der Waals surface area contributed by atoms with Crippen LogP contribution < -0.4 is 14.8 Å². The first-order valence-corrected chi connectivity index (χ1v) is 6.54. The summed E-state index contributed by atoms with van der Waals surface area (Å²) in [5.41, 5.74) is 1.51. The first kappa shape index (κ1) is 15.1. The standard InChI is InChI=1S/C16H17F2NO2/c1-11(12-6-4-3-5-7-12)19-14-10-13(20-2)8-9-15(14)21-16(17)18/h3-11,16,19H,1-2H3. The van der Waals surface area contributed by atoms with Crippen molar-refractivity contribution in [2.45, 2.75) is 19.6 Å². The molecule has 1 unspecified atom stereocenters. The Bertz CT molecular complexity index is 576. The fourth-order valence-electron chi connectivity index (χ4n) is 2.01. The van der Waals surface area contributed by atoms with E-state index in [4.69, 9.17) is 4.74 Å². The second kappa shape index (κ2) is 6.92. The minimum absolute atomic E-state index is 0.0571. The van der Waals surface area contributed by atoms with E-state index in [-0.39, 0.29) is 11.8 Å². The molecule has 0 aromatic heterocycles. The van der Waals surface area contributed by atoms with E-state index in [0.29, 0.717) is 11.4 Å². The zero-order valence-corrected chi connectivity index (χ0v) is 11.8. The van der Waals surface area contributed by atoms with Crippen LogP contribution in [0.15, 0.2) is 48.5 Å². The van der Waals surface area contributed by atoms with E-state index in [1.54, 1.807) is 12.1 Å². The summed E-state index contributed by atoms with van der Waals surface area (Å²) in [4.78, 5) is 0. The van der Waals surface area contributed by atoms with Crippen LogP contribution in [0.3, 0.4) is 0 Å². The molecule has 3 nitrogen and oxygen atoms in total. The molecule has 2 aromatic rings. The van der Waals surface area contributed by atoms with E-state index >= 15 is 0 Å². The van der Waals surface area contributed by atoms with E-state index in [9.17, 15) is 8.78 Å². The number of methoxy groups -OCH3 is 1. The van der Waals surface area contributed by atoms with Gasteiger partial charge in [0.2, 0.25) is 0 Å². The van der Waals surface area contributed by atoms with E-state index in [0.717, 1.165) is 5.56 Å². The molecule has 0 amide bonds. The average molecular weight is 293 g/mol. The summed E-state index contributed by atoms with van der Waals surface area (Å²) in [6, 6.07) is 14.3. The van der Waals surface area contributed by atoms with Crippen molar-refractivity contribution in [1.29, 1.82) is 0 Å². The number of hydrogen-bond donors (Lipinski definition) is 1. The highest BCUT2D eigenvalue weighted by molar-refractivity contribution is 5.60. The van der Waals surface area contributed by atoms with Crippen molar-refractivity contribution < 1.29 is 18.3 Å². The number of hydrogen-bond acceptors (Lipinski definition) is 3. The summed E-state index contributed by atoms with van der Waals surface area (Å²) in [6.07, 6.45) is 0. The van der Waals surface area contributed by atoms with Gasteiger partial charge in [0.25, 0.3) is 0 Å². The second-order valence-electron chi connectivity index (χ2n) is 4.52. The third-order valence-corrected chi connectivity index (χ3v) is 3.07. The first-order chi connectivity index (χ1) is 10.1. The molecule has 0 aliphatic rings. The monoisotopic (exact) mass is 293 g/mol. The van der Waals surface area contributed by atoms with Crippen LogP contribution in [-0.4, -0.2) is 13.7 Å². The summed E-state index contributed by atoms with van der Waals surface area (Å²) in [5.74, 6) is 0.660. The van der Waals surface area contributed by atoms with E-state index in [1.807, 2.05) is 37.3 Å². The van der Waals surface area contributed by atoms with Gasteiger partial charge in [-0.3, -0.25) is 0 Å². The Morgan fingerprint density at radius 3 is 2.38 bits per heavy atom. The summed E-state index contributed by atoms with van der Waals surface area (Å²) in [7, 11) is 1.52. The molecule has 0 aliphatic heterocycles. The van der Waals surface area contributed by atoms with Crippen LogP contribution in [0.2, 0.25) is 0 Å². The third-order valence-electron chi connectivity index (χ3n) is 3.07. The molecule has 0 spiro atoms. The van der Waals surface area contributed by atoms with Gasteiger partial charge in [-0.2, -0.15) is 8.78 Å². The molecule has 21 heavy (non-hydrogen) atoms. The third kappa shape index (κ3) is 4.08. The predicted octanol–water partition coefficient (Wildman–Crippen LogP) is 4.47. The minimum atomic E-state index is -2.87. The summed E-state index contributed by atoms with van der Waals surface area (Å²) < 4.78 is 34.6. The fourth-order valence-corrected chi connectivity index (χ4v) is 2.01. The smallest absolute Gasteiger partial charge is 0.387 e. The average Bonchev–Trinajstić information content (AvgIpc) is 2.49. The predicted molar refractivity (Wildman–Crippen MR) is 78.1 cm³/mol. The molecule has 0 saturated carbocycles. The Balaban J connectivity index is 2.24. The van der Waals surface area contributed by atoms with Crippen LogP contribution in [0.1, 0.15) is 18.5 Å². The van der Waals surface area contributed by atoms with Crippen LogP contribution in [0.25, 0.3) is 0 Å². The van der Waals surface area contributed by atoms with Crippen molar-refractivity contribution in [2.24, 2.45) is 0 Å². The maximum Gasteiger partial charge on any atom is 0.387 e. The van der Waals surface area contributed by atoms with E-state index < -0.39 is 6.61 Å². The maximum atomic E-state index is 12.5. The van der Waals surface area contributed by atoms with Gasteiger partial charge in [-0.15, -0.1) is 0 Å². The number of ether oxygens (including phenoxy) is 2. The van der Waals surface area contributed by atoms with Gasteiger partial charge in [-0.1, -0.05) is 30.3 Å². The topological polar surface area (TPSA) is 30.5 Å². The van der Waals surface area contributed by atoms with Crippen molar-refractivity contribution in [1.82, 2.24) is 0 Å². The lowest BCUT2D eigenvalue weighted by Crippen LogP contribution is -2.10. The van der Waals surface area contributed by atoms with Crippen LogP contribution in [0, 0.1) is 0 Å². The fraction of sp³-hybridized carbons (Fsp3) is 0.250. The van der Waals surface area contributed by atoms with Gasteiger partial charge in [-0.05, 0) is 24.6 Å². The van der Waals surface area contributed by atoms with E-state index in [2.05, 4.69) is 10.1 Å². The van der Waals surface area contributed by atoms with Crippen molar-refractivity contribution in [3.8, 4) is 11.5 Å². The number of benzene rings is 2. The van der Waals surface area contributed by atoms with E-state index in [1.165, 1.54) is 13.2 Å². The Labute approximate surface area is 122 Å². The zero-order valence-electron chi connectivity index (χ0n) is 11.8. The molecule has 2 rings (SSSR count). The normalized spacial score (nSPS) is 12.0. The van der Waals surface area contributed by atoms with Crippen molar-refractivity contribution >= 4 is 5.69 Å². The van der Waals surface area contributed by atoms with Gasteiger partial charge in [-0.25, -0.2) is 0 Å². The van der Waals surface area contributed by atoms with Crippen molar-refractivity contribution in [3.63, 3.8) is 0 Å². The highest BCUT2D eigenvalue weighted by Crippen LogP contribution is 2.33. The molecule has 1 N–H and O–H groups in total. The van der Waals surface area contributed by atoms with Crippen LogP contribution in [0.5, 0.6) is 11.5 Å². The molecule has 0 fully saturated rings. The van der Waals surface area contributed by atoms with Crippen molar-refractivity contribution in [3.05, 3.63) is 54.1 Å². The van der Waals surface area contributed by atoms with Crippen LogP contribution in [0.4, 0.5) is 14.5 Å². The lowest BCUT2D eigenvalue weighted by molar-refractivity contribution is -0.0494.